The molecule has 0 fully saturated rings. The predicted molar refractivity (Wildman–Crippen MR) is 71.1 cm³/mol. The Balaban J connectivity index is 3.84. The molecule has 0 atom stereocenters. The van der Waals surface area contributed by atoms with Crippen LogP contribution in [-0.4, -0.2) is 36.5 Å². The number of ether oxygens (including phenoxy) is 2. The van der Waals surface area contributed by atoms with Gasteiger partial charge in [0.1, 0.15) is 0 Å². The fourth-order valence-corrected chi connectivity index (χ4v) is 1.75. The van der Waals surface area contributed by atoms with Gasteiger partial charge >= 0.3 is 36.5 Å². The number of esters is 2. The summed E-state index contributed by atoms with van der Waals surface area (Å²) in [4.78, 5) is 21.8. The molecule has 0 aliphatic heterocycles. The molecule has 0 radical (unpaired) electrons. The summed E-state index contributed by atoms with van der Waals surface area (Å²) < 4.78 is 127. The molecule has 0 saturated carbocycles. The Hall–Kier alpha value is -1.76. The molecular formula is C14H16F10O4. The minimum atomic E-state index is -6.02. The Morgan fingerprint density at radius 3 is 1.00 bits per heavy atom. The summed E-state index contributed by atoms with van der Waals surface area (Å²) in [6.45, 7) is 0. The van der Waals surface area contributed by atoms with Gasteiger partial charge in [-0.3, -0.25) is 9.59 Å². The van der Waals surface area contributed by atoms with E-state index >= 15 is 0 Å². The third-order valence-electron chi connectivity index (χ3n) is 3.16. The van der Waals surface area contributed by atoms with Crippen molar-refractivity contribution in [2.24, 2.45) is 0 Å². The molecule has 28 heavy (non-hydrogen) atoms. The second-order valence-corrected chi connectivity index (χ2v) is 5.60. The molecule has 0 aliphatic rings. The van der Waals surface area contributed by atoms with Crippen LogP contribution in [0.2, 0.25) is 0 Å². The van der Waals surface area contributed by atoms with E-state index < -0.39 is 49.4 Å². The number of hydrogen-bond donors (Lipinski definition) is 0. The van der Waals surface area contributed by atoms with Crippen molar-refractivity contribution >= 4 is 11.9 Å². The van der Waals surface area contributed by atoms with Crippen LogP contribution in [0.15, 0.2) is 0 Å². The molecule has 0 aliphatic carbocycles. The quantitative estimate of drug-likeness (QED) is 0.243. The maximum atomic E-state index is 12.4. The first kappa shape index (κ1) is 26.2. The second kappa shape index (κ2) is 10.1. The predicted octanol–water partition coefficient (Wildman–Crippen LogP) is 5.50. The van der Waals surface area contributed by atoms with Crippen LogP contribution in [0.3, 0.4) is 0 Å². The lowest BCUT2D eigenvalue weighted by molar-refractivity contribution is -0.376. The lowest BCUT2D eigenvalue weighted by atomic mass is 10.1. The summed E-state index contributed by atoms with van der Waals surface area (Å²) in [5.41, 5.74) is 0. The molecular weight excluding hydrogens is 422 g/mol. The molecule has 0 aromatic heterocycles. The summed E-state index contributed by atoms with van der Waals surface area (Å²) in [5.74, 6) is -3.48. The molecule has 0 heterocycles. The minimum absolute atomic E-state index is 0.0629. The highest BCUT2D eigenvalue weighted by molar-refractivity contribution is 5.70. The first-order chi connectivity index (χ1) is 12.5. The lowest BCUT2D eigenvalue weighted by Crippen LogP contribution is -2.40. The number of rotatable bonds is 11. The highest BCUT2D eigenvalue weighted by Crippen LogP contribution is 2.37. The van der Waals surface area contributed by atoms with Crippen molar-refractivity contribution < 1.29 is 63.0 Å². The third kappa shape index (κ3) is 9.44. The third-order valence-corrected chi connectivity index (χ3v) is 3.16. The second-order valence-electron chi connectivity index (χ2n) is 5.60. The molecule has 0 aromatic rings. The van der Waals surface area contributed by atoms with Crippen LogP contribution in [0.5, 0.6) is 0 Å². The van der Waals surface area contributed by atoms with Gasteiger partial charge in [0.05, 0.1) is 0 Å². The molecule has 0 N–H and O–H groups in total. The van der Waals surface area contributed by atoms with Crippen LogP contribution < -0.4 is 0 Å². The molecule has 0 spiro atoms. The van der Waals surface area contributed by atoms with Crippen LogP contribution >= 0.6 is 0 Å². The summed E-state index contributed by atoms with van der Waals surface area (Å²) in [6.07, 6.45) is -23.6. The maximum Gasteiger partial charge on any atom is 0.501 e. The molecule has 14 heteroatoms. The van der Waals surface area contributed by atoms with Crippen LogP contribution in [0.25, 0.3) is 0 Å². The van der Waals surface area contributed by atoms with Crippen molar-refractivity contribution in [3.63, 3.8) is 0 Å². The van der Waals surface area contributed by atoms with Crippen molar-refractivity contribution in [1.29, 1.82) is 0 Å². The average molecular weight is 438 g/mol. The Morgan fingerprint density at radius 1 is 0.500 bits per heavy atom. The van der Waals surface area contributed by atoms with E-state index in [1.165, 1.54) is 0 Å². The van der Waals surface area contributed by atoms with Gasteiger partial charge in [0.15, 0.2) is 0 Å². The molecule has 0 saturated heterocycles. The van der Waals surface area contributed by atoms with Crippen molar-refractivity contribution in [1.82, 2.24) is 0 Å². The van der Waals surface area contributed by atoms with Crippen molar-refractivity contribution in [3.8, 4) is 0 Å². The molecule has 166 valence electrons. The van der Waals surface area contributed by atoms with Gasteiger partial charge < -0.3 is 9.47 Å². The van der Waals surface area contributed by atoms with Gasteiger partial charge in [0.25, 0.3) is 0 Å². The zero-order valence-electron chi connectivity index (χ0n) is 14.1. The zero-order chi connectivity index (χ0) is 22.2. The van der Waals surface area contributed by atoms with Gasteiger partial charge in [-0.2, -0.15) is 43.9 Å². The molecule has 0 rings (SSSR count). The molecule has 0 bridgehead atoms. The van der Waals surface area contributed by atoms with E-state index in [0.717, 1.165) is 0 Å². The number of carbonyl (C=O) groups is 2. The Bertz CT molecular complexity index is 467. The summed E-state index contributed by atoms with van der Waals surface area (Å²) in [6, 6.07) is 0. The van der Waals surface area contributed by atoms with Gasteiger partial charge in [-0.05, 0) is 12.8 Å². The average Bonchev–Trinajstić information content (AvgIpc) is 2.46. The van der Waals surface area contributed by atoms with E-state index in [0.29, 0.717) is 12.8 Å². The van der Waals surface area contributed by atoms with Crippen LogP contribution in [0, 0.1) is 0 Å². The van der Waals surface area contributed by atoms with E-state index in [-0.39, 0.29) is 25.7 Å². The largest absolute Gasteiger partial charge is 0.501 e. The minimum Gasteiger partial charge on any atom is -0.394 e. The van der Waals surface area contributed by atoms with Crippen LogP contribution in [-0.2, 0) is 19.1 Å². The molecule has 0 aromatic carbocycles. The van der Waals surface area contributed by atoms with Crippen LogP contribution in [0.1, 0.15) is 51.4 Å². The van der Waals surface area contributed by atoms with E-state index in [9.17, 15) is 53.5 Å². The van der Waals surface area contributed by atoms with Gasteiger partial charge in [0.2, 0.25) is 0 Å². The van der Waals surface area contributed by atoms with E-state index in [1.807, 2.05) is 0 Å². The van der Waals surface area contributed by atoms with Gasteiger partial charge in [-0.25, -0.2) is 0 Å². The molecule has 4 nitrogen and oxygen atoms in total. The van der Waals surface area contributed by atoms with Crippen molar-refractivity contribution in [2.45, 2.75) is 75.9 Å². The number of hydrogen-bond acceptors (Lipinski definition) is 4. The Morgan fingerprint density at radius 2 is 0.750 bits per heavy atom. The summed E-state index contributed by atoms with van der Waals surface area (Å²) in [7, 11) is 0. The van der Waals surface area contributed by atoms with Crippen molar-refractivity contribution in [2.75, 3.05) is 0 Å². The highest BCUT2D eigenvalue weighted by atomic mass is 19.4. The summed E-state index contributed by atoms with van der Waals surface area (Å²) >= 11 is 0. The van der Waals surface area contributed by atoms with Gasteiger partial charge in [0, 0.05) is 12.8 Å². The molecule has 0 amide bonds. The Labute approximate surface area is 152 Å². The van der Waals surface area contributed by atoms with Crippen LogP contribution in [0.4, 0.5) is 43.9 Å². The fraction of sp³-hybridized carbons (Fsp3) is 0.857. The highest BCUT2D eigenvalue weighted by Gasteiger charge is 2.62. The number of halogens is 10. The fourth-order valence-electron chi connectivity index (χ4n) is 1.75. The SMILES string of the molecule is O=C(CCCCCCCCC(=O)OC(F)(F)C(F)(F)F)OC(F)(F)C(F)(F)F. The maximum absolute atomic E-state index is 12.4. The normalized spacial score (nSPS) is 13.4. The van der Waals surface area contributed by atoms with E-state index in [4.69, 9.17) is 0 Å². The van der Waals surface area contributed by atoms with Crippen molar-refractivity contribution in [3.05, 3.63) is 0 Å². The number of carbonyl (C=O) groups excluding carboxylic acids is 2. The summed E-state index contributed by atoms with van der Waals surface area (Å²) in [5, 5.41) is 0. The van der Waals surface area contributed by atoms with E-state index in [1.54, 1.807) is 0 Å². The standard InChI is InChI=1S/C14H16F10O4/c15-11(16,17)13(21,22)27-9(25)7-5-3-1-2-4-6-8-10(26)28-14(23,24)12(18,19)20/h1-8H2. The first-order valence-corrected chi connectivity index (χ1v) is 7.82. The van der Waals surface area contributed by atoms with Gasteiger partial charge in [-0.15, -0.1) is 0 Å². The lowest BCUT2D eigenvalue weighted by Gasteiger charge is -2.18. The Kier molecular flexibility index (Phi) is 9.50. The zero-order valence-corrected chi connectivity index (χ0v) is 14.1. The first-order valence-electron chi connectivity index (χ1n) is 7.82. The van der Waals surface area contributed by atoms with E-state index in [2.05, 4.69) is 9.47 Å². The monoisotopic (exact) mass is 438 g/mol. The smallest absolute Gasteiger partial charge is 0.394 e. The number of alkyl halides is 10. The topological polar surface area (TPSA) is 52.6 Å². The van der Waals surface area contributed by atoms with Gasteiger partial charge in [-0.1, -0.05) is 25.7 Å². The number of unbranched alkanes of at least 4 members (excludes halogenated alkanes) is 5. The molecule has 0 unspecified atom stereocenters.